The van der Waals surface area contributed by atoms with Gasteiger partial charge in [0.2, 0.25) is 11.8 Å². The van der Waals surface area contributed by atoms with Gasteiger partial charge in [-0.2, -0.15) is 0 Å². The number of oxazole rings is 1. The molecule has 0 saturated carbocycles. The molecule has 2 aromatic heterocycles. The lowest BCUT2D eigenvalue weighted by Crippen LogP contribution is -2.52. The molecular formula is C23H21N7O5. The van der Waals surface area contributed by atoms with E-state index in [2.05, 4.69) is 20.6 Å². The highest BCUT2D eigenvalue weighted by Gasteiger charge is 2.39. The number of benzene rings is 1. The predicted molar refractivity (Wildman–Crippen MR) is 117 cm³/mol. The third-order valence-corrected chi connectivity index (χ3v) is 6.61. The lowest BCUT2D eigenvalue weighted by Gasteiger charge is -2.29. The lowest BCUT2D eigenvalue weighted by atomic mass is 10.0. The maximum Gasteiger partial charge on any atom is 0.276 e. The number of piperidine rings is 1. The number of amides is 4. The molecule has 0 spiro atoms. The van der Waals surface area contributed by atoms with Gasteiger partial charge in [0.25, 0.3) is 11.8 Å². The van der Waals surface area contributed by atoms with Gasteiger partial charge in [0, 0.05) is 38.4 Å². The topological polar surface area (TPSA) is 144 Å². The molecule has 1 atom stereocenters. The number of hydrogen-bond acceptors (Lipinski definition) is 8. The van der Waals surface area contributed by atoms with E-state index in [0.717, 1.165) is 17.0 Å². The largest absolute Gasteiger partial charge is 0.446 e. The Morgan fingerprint density at radius 2 is 2.03 bits per heavy atom. The van der Waals surface area contributed by atoms with E-state index in [1.165, 1.54) is 9.58 Å². The van der Waals surface area contributed by atoms with Crippen LogP contribution in [0.1, 0.15) is 56.6 Å². The van der Waals surface area contributed by atoms with E-state index in [9.17, 15) is 19.2 Å². The Bertz CT molecular complexity index is 1410. The summed E-state index contributed by atoms with van der Waals surface area (Å²) < 4.78 is 7.05. The molecule has 1 N–H and O–H groups in total. The number of carbonyl (C=O) groups is 4. The zero-order valence-electron chi connectivity index (χ0n) is 18.9. The molecule has 1 saturated heterocycles. The van der Waals surface area contributed by atoms with Gasteiger partial charge in [-0.05, 0) is 30.2 Å². The van der Waals surface area contributed by atoms with Crippen LogP contribution in [0, 0.1) is 6.92 Å². The van der Waals surface area contributed by atoms with Gasteiger partial charge >= 0.3 is 0 Å². The third kappa shape index (κ3) is 3.57. The van der Waals surface area contributed by atoms with Crippen LogP contribution in [0.25, 0.3) is 5.69 Å². The molecule has 12 nitrogen and oxygen atoms in total. The van der Waals surface area contributed by atoms with Gasteiger partial charge in [-0.3, -0.25) is 24.5 Å². The van der Waals surface area contributed by atoms with Crippen LogP contribution in [0.5, 0.6) is 0 Å². The fourth-order valence-electron chi connectivity index (χ4n) is 4.85. The summed E-state index contributed by atoms with van der Waals surface area (Å²) in [5, 5.41) is 10.5. The number of aromatic nitrogens is 4. The van der Waals surface area contributed by atoms with Crippen molar-refractivity contribution >= 4 is 23.6 Å². The molecule has 1 fully saturated rings. The number of fused-ring (bicyclic) bond motifs is 2. The normalized spacial score (nSPS) is 19.6. The minimum Gasteiger partial charge on any atom is -0.446 e. The molecule has 35 heavy (non-hydrogen) atoms. The number of hydrogen-bond donors (Lipinski definition) is 1. The maximum atomic E-state index is 13.0. The molecule has 5 heterocycles. The Morgan fingerprint density at radius 3 is 2.86 bits per heavy atom. The Kier molecular flexibility index (Phi) is 4.76. The van der Waals surface area contributed by atoms with Crippen LogP contribution < -0.4 is 5.32 Å². The summed E-state index contributed by atoms with van der Waals surface area (Å²) in [6.07, 6.45) is 2.66. The van der Waals surface area contributed by atoms with Crippen LogP contribution >= 0.6 is 0 Å². The van der Waals surface area contributed by atoms with Gasteiger partial charge in [0.15, 0.2) is 11.6 Å². The Labute approximate surface area is 198 Å². The van der Waals surface area contributed by atoms with E-state index < -0.39 is 11.9 Å². The molecule has 3 aliphatic rings. The summed E-state index contributed by atoms with van der Waals surface area (Å²) in [4.78, 5) is 57.1. The first-order valence-electron chi connectivity index (χ1n) is 11.3. The Balaban J connectivity index is 1.19. The van der Waals surface area contributed by atoms with Gasteiger partial charge in [-0.25, -0.2) is 9.67 Å². The second-order valence-corrected chi connectivity index (χ2v) is 8.87. The van der Waals surface area contributed by atoms with Crippen LogP contribution in [0.2, 0.25) is 0 Å². The number of rotatable bonds is 3. The van der Waals surface area contributed by atoms with Crippen molar-refractivity contribution in [1.29, 1.82) is 0 Å². The smallest absolute Gasteiger partial charge is 0.276 e. The van der Waals surface area contributed by atoms with E-state index in [1.807, 2.05) is 0 Å². The minimum atomic E-state index is -0.676. The molecule has 6 rings (SSSR count). The molecule has 0 aliphatic carbocycles. The molecule has 178 valence electrons. The average Bonchev–Trinajstić information content (AvgIpc) is 3.55. The Morgan fingerprint density at radius 1 is 1.17 bits per heavy atom. The summed E-state index contributed by atoms with van der Waals surface area (Å²) in [7, 11) is 0. The number of nitrogens with one attached hydrogen (secondary N) is 1. The molecule has 0 bridgehead atoms. The number of aryl methyl sites for hydroxylation is 1. The molecular weight excluding hydrogens is 454 g/mol. The second kappa shape index (κ2) is 7.86. The lowest BCUT2D eigenvalue weighted by molar-refractivity contribution is -0.136. The number of nitrogens with zero attached hydrogens (tertiary/aromatic N) is 6. The predicted octanol–water partition coefficient (Wildman–Crippen LogP) is 0.523. The fraction of sp³-hybridized carbons (Fsp3) is 0.348. The highest BCUT2D eigenvalue weighted by atomic mass is 16.4. The highest BCUT2D eigenvalue weighted by Crippen LogP contribution is 2.29. The van der Waals surface area contributed by atoms with Gasteiger partial charge in [-0.1, -0.05) is 5.21 Å². The summed E-state index contributed by atoms with van der Waals surface area (Å²) in [6, 6.07) is 4.53. The van der Waals surface area contributed by atoms with Crippen LogP contribution in [0.4, 0.5) is 0 Å². The third-order valence-electron chi connectivity index (χ3n) is 6.61. The van der Waals surface area contributed by atoms with Crippen molar-refractivity contribution in [2.24, 2.45) is 0 Å². The molecule has 3 aromatic rings. The zero-order valence-corrected chi connectivity index (χ0v) is 18.9. The van der Waals surface area contributed by atoms with Crippen LogP contribution in [0.15, 0.2) is 28.8 Å². The first-order chi connectivity index (χ1) is 16.9. The van der Waals surface area contributed by atoms with Crippen molar-refractivity contribution in [2.75, 3.05) is 6.54 Å². The van der Waals surface area contributed by atoms with E-state index in [4.69, 9.17) is 4.42 Å². The minimum absolute atomic E-state index is 0.201. The first-order valence-corrected chi connectivity index (χ1v) is 11.3. The van der Waals surface area contributed by atoms with Gasteiger partial charge in [0.05, 0.1) is 18.4 Å². The van der Waals surface area contributed by atoms with Crippen molar-refractivity contribution in [3.8, 4) is 5.69 Å². The summed E-state index contributed by atoms with van der Waals surface area (Å²) >= 11 is 0. The molecule has 1 unspecified atom stereocenters. The van der Waals surface area contributed by atoms with Crippen LogP contribution in [0.3, 0.4) is 0 Å². The van der Waals surface area contributed by atoms with Crippen LogP contribution in [-0.2, 0) is 29.1 Å². The summed E-state index contributed by atoms with van der Waals surface area (Å²) in [5.41, 5.74) is 2.85. The zero-order chi connectivity index (χ0) is 24.3. The first kappa shape index (κ1) is 21.2. The van der Waals surface area contributed by atoms with Crippen molar-refractivity contribution in [3.05, 3.63) is 58.6 Å². The summed E-state index contributed by atoms with van der Waals surface area (Å²) in [5.74, 6) is 0.129. The second-order valence-electron chi connectivity index (χ2n) is 8.87. The number of imide groups is 1. The van der Waals surface area contributed by atoms with Crippen molar-refractivity contribution in [3.63, 3.8) is 0 Å². The monoisotopic (exact) mass is 475 g/mol. The van der Waals surface area contributed by atoms with Crippen molar-refractivity contribution < 1.29 is 23.6 Å². The number of carbonyl (C=O) groups excluding carboxylic acids is 4. The van der Waals surface area contributed by atoms with Gasteiger partial charge in [-0.15, -0.1) is 5.10 Å². The Hall–Kier alpha value is -4.35. The average molecular weight is 475 g/mol. The molecule has 4 amide bonds. The SMILES string of the molecule is Cc1nc2c(o1)CCN(C(=O)c1cn(-c3ccc4c(c3)CN(C3CCC(=O)NC3=O)C4=O)nn1)C2. The standard InChI is InChI=1S/C23H21N7O5/c1-12-24-16-10-28(7-6-19(16)35-12)23(34)17-11-30(27-26-17)14-2-3-15-13(8-14)9-29(22(15)33)18-4-5-20(31)25-21(18)32/h2-3,8,11,18H,4-7,9-10H2,1H3,(H,25,31,32). The van der Waals surface area contributed by atoms with Crippen molar-refractivity contribution in [1.82, 2.24) is 35.1 Å². The molecule has 0 radical (unpaired) electrons. The molecule has 3 aliphatic heterocycles. The van der Waals surface area contributed by atoms with Crippen molar-refractivity contribution in [2.45, 2.75) is 45.3 Å². The fourth-order valence-corrected chi connectivity index (χ4v) is 4.85. The summed E-state index contributed by atoms with van der Waals surface area (Å²) in [6.45, 7) is 2.90. The molecule has 12 heteroatoms. The molecule has 1 aromatic carbocycles. The highest BCUT2D eigenvalue weighted by molar-refractivity contribution is 6.05. The van der Waals surface area contributed by atoms with Gasteiger partial charge in [0.1, 0.15) is 17.5 Å². The van der Waals surface area contributed by atoms with Crippen LogP contribution in [-0.4, -0.2) is 66.0 Å². The van der Waals surface area contributed by atoms with E-state index in [-0.39, 0.29) is 36.4 Å². The van der Waals surface area contributed by atoms with E-state index in [1.54, 1.807) is 36.2 Å². The van der Waals surface area contributed by atoms with E-state index in [0.29, 0.717) is 43.1 Å². The quantitative estimate of drug-likeness (QED) is 0.540. The van der Waals surface area contributed by atoms with Gasteiger partial charge < -0.3 is 14.2 Å². The van der Waals surface area contributed by atoms with E-state index >= 15 is 0 Å². The maximum absolute atomic E-state index is 13.0.